The molecule has 0 fully saturated rings. The van der Waals surface area contributed by atoms with Gasteiger partial charge < -0.3 is 14.8 Å². The Morgan fingerprint density at radius 2 is 1.74 bits per heavy atom. The number of carbonyl (C=O) groups is 1. The molecule has 0 unspecified atom stereocenters. The molecule has 1 amide bonds. The number of aryl methyl sites for hydroxylation is 1. The Labute approximate surface area is 179 Å². The van der Waals surface area contributed by atoms with Crippen LogP contribution in [-0.4, -0.2) is 32.8 Å². The number of nitrogens with zero attached hydrogens (tertiary/aromatic N) is 4. The van der Waals surface area contributed by atoms with E-state index in [1.807, 2.05) is 30.5 Å². The van der Waals surface area contributed by atoms with Crippen LogP contribution in [0.25, 0.3) is 5.82 Å². The molecule has 8 nitrogen and oxygen atoms in total. The standard InChI is InChI=1S/C23H21N5O3/c1-15-16(2)28(14-24-15)21-12-13-22(27-26-21)31-18-10-8-17(9-11-18)25-23(29)19-6-4-5-7-20(19)30-3/h4-14H,1-3H3,(H,25,29). The maximum absolute atomic E-state index is 12.5. The number of hydrogen-bond acceptors (Lipinski definition) is 6. The minimum Gasteiger partial charge on any atom is -0.496 e. The summed E-state index contributed by atoms with van der Waals surface area (Å²) in [4.78, 5) is 16.8. The van der Waals surface area contributed by atoms with Crippen molar-refractivity contribution in [3.63, 3.8) is 0 Å². The van der Waals surface area contributed by atoms with Crippen molar-refractivity contribution in [2.75, 3.05) is 12.4 Å². The van der Waals surface area contributed by atoms with Crippen molar-refractivity contribution in [2.45, 2.75) is 13.8 Å². The number of ether oxygens (including phenoxy) is 2. The summed E-state index contributed by atoms with van der Waals surface area (Å²) >= 11 is 0. The van der Waals surface area contributed by atoms with Crippen LogP contribution in [0.3, 0.4) is 0 Å². The predicted molar refractivity (Wildman–Crippen MR) is 116 cm³/mol. The zero-order chi connectivity index (χ0) is 21.8. The molecule has 31 heavy (non-hydrogen) atoms. The van der Waals surface area contributed by atoms with Gasteiger partial charge in [-0.1, -0.05) is 12.1 Å². The molecule has 0 spiro atoms. The van der Waals surface area contributed by atoms with Gasteiger partial charge in [0.05, 0.1) is 18.4 Å². The fourth-order valence-electron chi connectivity index (χ4n) is 2.98. The molecule has 0 aliphatic carbocycles. The van der Waals surface area contributed by atoms with Crippen molar-refractivity contribution in [1.82, 2.24) is 19.7 Å². The third-order valence-corrected chi connectivity index (χ3v) is 4.81. The second kappa shape index (κ2) is 8.66. The quantitative estimate of drug-likeness (QED) is 0.504. The molecule has 0 saturated carbocycles. The number of nitrogens with one attached hydrogen (secondary N) is 1. The highest BCUT2D eigenvalue weighted by Crippen LogP contribution is 2.23. The van der Waals surface area contributed by atoms with Crippen LogP contribution in [0.4, 0.5) is 5.69 Å². The summed E-state index contributed by atoms with van der Waals surface area (Å²) in [5.74, 6) is 1.87. The molecule has 1 N–H and O–H groups in total. The lowest BCUT2D eigenvalue weighted by atomic mass is 10.2. The zero-order valence-electron chi connectivity index (χ0n) is 17.4. The summed E-state index contributed by atoms with van der Waals surface area (Å²) in [6, 6.07) is 17.6. The number of amides is 1. The van der Waals surface area contributed by atoms with Crippen LogP contribution in [0.1, 0.15) is 21.7 Å². The first-order valence-corrected chi connectivity index (χ1v) is 9.62. The third kappa shape index (κ3) is 4.37. The molecular formula is C23H21N5O3. The third-order valence-electron chi connectivity index (χ3n) is 4.81. The van der Waals surface area contributed by atoms with Gasteiger partial charge in [-0.3, -0.25) is 9.36 Å². The number of hydrogen-bond donors (Lipinski definition) is 1. The minimum atomic E-state index is -0.252. The normalized spacial score (nSPS) is 10.5. The summed E-state index contributed by atoms with van der Waals surface area (Å²) in [6.45, 7) is 3.92. The van der Waals surface area contributed by atoms with E-state index < -0.39 is 0 Å². The molecule has 0 saturated heterocycles. The SMILES string of the molecule is COc1ccccc1C(=O)Nc1ccc(Oc2ccc(-n3cnc(C)c3C)nn2)cc1. The number of rotatable bonds is 6. The Morgan fingerprint density at radius 3 is 2.39 bits per heavy atom. The van der Waals surface area contributed by atoms with E-state index in [0.717, 1.165) is 11.4 Å². The van der Waals surface area contributed by atoms with E-state index in [1.54, 1.807) is 54.9 Å². The van der Waals surface area contributed by atoms with Crippen LogP contribution >= 0.6 is 0 Å². The summed E-state index contributed by atoms with van der Waals surface area (Å²) in [7, 11) is 1.53. The summed E-state index contributed by atoms with van der Waals surface area (Å²) < 4.78 is 12.9. The molecule has 2 aromatic heterocycles. The average Bonchev–Trinajstić information content (AvgIpc) is 3.14. The monoisotopic (exact) mass is 415 g/mol. The fourth-order valence-corrected chi connectivity index (χ4v) is 2.98. The maximum Gasteiger partial charge on any atom is 0.259 e. The number of benzene rings is 2. The summed E-state index contributed by atoms with van der Waals surface area (Å²) in [5, 5.41) is 11.2. The number of anilines is 1. The molecule has 8 heteroatoms. The van der Waals surface area contributed by atoms with Crippen LogP contribution in [0.2, 0.25) is 0 Å². The van der Waals surface area contributed by atoms with E-state index in [0.29, 0.717) is 34.4 Å². The predicted octanol–water partition coefficient (Wildman–Crippen LogP) is 4.33. The Kier molecular flexibility index (Phi) is 5.61. The lowest BCUT2D eigenvalue weighted by molar-refractivity contribution is 0.102. The van der Waals surface area contributed by atoms with E-state index in [2.05, 4.69) is 20.5 Å². The van der Waals surface area contributed by atoms with Gasteiger partial charge in [-0.2, -0.15) is 0 Å². The van der Waals surface area contributed by atoms with E-state index in [1.165, 1.54) is 7.11 Å². The average molecular weight is 415 g/mol. The van der Waals surface area contributed by atoms with Crippen molar-refractivity contribution >= 4 is 11.6 Å². The van der Waals surface area contributed by atoms with E-state index in [4.69, 9.17) is 9.47 Å². The largest absolute Gasteiger partial charge is 0.496 e. The molecule has 156 valence electrons. The Morgan fingerprint density at radius 1 is 0.968 bits per heavy atom. The van der Waals surface area contributed by atoms with Gasteiger partial charge in [-0.15, -0.1) is 10.2 Å². The van der Waals surface area contributed by atoms with Gasteiger partial charge in [0.2, 0.25) is 5.88 Å². The van der Waals surface area contributed by atoms with Gasteiger partial charge >= 0.3 is 0 Å². The molecule has 0 radical (unpaired) electrons. The number of carbonyl (C=O) groups excluding carboxylic acids is 1. The van der Waals surface area contributed by atoms with Gasteiger partial charge in [0.1, 0.15) is 17.8 Å². The Bertz CT molecular complexity index is 1200. The second-order valence-electron chi connectivity index (χ2n) is 6.80. The highest BCUT2D eigenvalue weighted by atomic mass is 16.5. The fraction of sp³-hybridized carbons (Fsp3) is 0.130. The summed E-state index contributed by atoms with van der Waals surface area (Å²) in [6.07, 6.45) is 1.72. The molecule has 2 heterocycles. The van der Waals surface area contributed by atoms with Crippen LogP contribution in [0.5, 0.6) is 17.4 Å². The highest BCUT2D eigenvalue weighted by Gasteiger charge is 2.12. The van der Waals surface area contributed by atoms with E-state index in [-0.39, 0.29) is 5.91 Å². The van der Waals surface area contributed by atoms with Crippen molar-refractivity contribution in [3.05, 3.63) is 83.9 Å². The van der Waals surface area contributed by atoms with Gasteiger partial charge in [0.25, 0.3) is 5.91 Å². The smallest absolute Gasteiger partial charge is 0.259 e. The van der Waals surface area contributed by atoms with Gasteiger partial charge in [0, 0.05) is 17.4 Å². The zero-order valence-corrected chi connectivity index (χ0v) is 17.4. The molecule has 2 aromatic carbocycles. The molecule has 0 aliphatic heterocycles. The molecular weight excluding hydrogens is 394 g/mol. The van der Waals surface area contributed by atoms with Crippen LogP contribution < -0.4 is 14.8 Å². The first kappa shape index (κ1) is 20.1. The first-order chi connectivity index (χ1) is 15.0. The van der Waals surface area contributed by atoms with Crippen LogP contribution in [-0.2, 0) is 0 Å². The van der Waals surface area contributed by atoms with Crippen molar-refractivity contribution in [3.8, 4) is 23.2 Å². The Hall–Kier alpha value is -4.20. The van der Waals surface area contributed by atoms with Crippen molar-refractivity contribution in [2.24, 2.45) is 0 Å². The number of methoxy groups -OCH3 is 1. The van der Waals surface area contributed by atoms with Gasteiger partial charge in [-0.05, 0) is 56.3 Å². The van der Waals surface area contributed by atoms with Crippen molar-refractivity contribution in [1.29, 1.82) is 0 Å². The highest BCUT2D eigenvalue weighted by molar-refractivity contribution is 6.06. The molecule has 0 atom stereocenters. The van der Waals surface area contributed by atoms with E-state index in [9.17, 15) is 4.79 Å². The number of para-hydroxylation sites is 1. The maximum atomic E-state index is 12.5. The minimum absolute atomic E-state index is 0.252. The van der Waals surface area contributed by atoms with E-state index >= 15 is 0 Å². The lowest BCUT2D eigenvalue weighted by Crippen LogP contribution is -2.12. The summed E-state index contributed by atoms with van der Waals surface area (Å²) in [5.41, 5.74) is 3.05. The lowest BCUT2D eigenvalue weighted by Gasteiger charge is -2.10. The van der Waals surface area contributed by atoms with Gasteiger partial charge in [-0.25, -0.2) is 4.98 Å². The van der Waals surface area contributed by atoms with Crippen LogP contribution in [0, 0.1) is 13.8 Å². The number of imidazole rings is 1. The second-order valence-corrected chi connectivity index (χ2v) is 6.80. The van der Waals surface area contributed by atoms with Gasteiger partial charge in [0.15, 0.2) is 5.82 Å². The molecule has 0 bridgehead atoms. The van der Waals surface area contributed by atoms with Crippen molar-refractivity contribution < 1.29 is 14.3 Å². The van der Waals surface area contributed by atoms with Crippen LogP contribution in [0.15, 0.2) is 67.0 Å². The first-order valence-electron chi connectivity index (χ1n) is 9.62. The Balaban J connectivity index is 1.41. The topological polar surface area (TPSA) is 91.2 Å². The molecule has 4 rings (SSSR count). The molecule has 0 aliphatic rings. The number of aromatic nitrogens is 4. The molecule has 4 aromatic rings.